The largest absolute Gasteiger partial charge is 0.281 e. The Morgan fingerprint density at radius 2 is 1.80 bits per heavy atom. The van der Waals surface area contributed by atoms with Gasteiger partial charge in [-0.3, -0.25) is 4.40 Å². The fraction of sp³-hybridized carbons (Fsp3) is 0. The maximum atomic E-state index is 13.9. The monoisotopic (exact) mass is 373 g/mol. The van der Waals surface area contributed by atoms with E-state index in [2.05, 4.69) is 10.2 Å². The third-order valence-electron chi connectivity index (χ3n) is 3.61. The number of benzene rings is 2. The summed E-state index contributed by atoms with van der Waals surface area (Å²) in [5.41, 5.74) is 1.41. The number of pyridine rings is 1. The van der Waals surface area contributed by atoms with Crippen LogP contribution in [0.1, 0.15) is 0 Å². The molecule has 0 N–H and O–H groups in total. The number of aromatic nitrogens is 3. The molecule has 2 aromatic carbocycles. The van der Waals surface area contributed by atoms with Crippen molar-refractivity contribution < 1.29 is 8.78 Å². The Hall–Kier alpha value is -2.44. The van der Waals surface area contributed by atoms with Gasteiger partial charge in [0.1, 0.15) is 11.6 Å². The summed E-state index contributed by atoms with van der Waals surface area (Å²) in [6.45, 7) is 0. The second-order valence-corrected chi connectivity index (χ2v) is 6.80. The van der Waals surface area contributed by atoms with Crippen LogP contribution < -0.4 is 0 Å². The molecule has 0 unspecified atom stereocenters. The number of nitrogens with zero attached hydrogens (tertiary/aromatic N) is 3. The minimum Gasteiger partial charge on any atom is -0.281 e. The first-order chi connectivity index (χ1) is 12.1. The van der Waals surface area contributed by atoms with Crippen molar-refractivity contribution in [2.24, 2.45) is 0 Å². The standard InChI is InChI=1S/C18H10ClF2N3S/c19-14-4-2-1-3-13(14)18-23-22-17-8-6-12(10-24(17)18)25-16-7-5-11(20)9-15(16)21/h1-10H. The van der Waals surface area contributed by atoms with Gasteiger partial charge < -0.3 is 0 Å². The van der Waals surface area contributed by atoms with E-state index >= 15 is 0 Å². The minimum atomic E-state index is -0.600. The van der Waals surface area contributed by atoms with Crippen LogP contribution in [-0.2, 0) is 0 Å². The predicted octanol–water partition coefficient (Wildman–Crippen LogP) is 5.48. The molecule has 2 aromatic heterocycles. The molecule has 7 heteroatoms. The fourth-order valence-corrected chi connectivity index (χ4v) is 3.50. The average molecular weight is 374 g/mol. The first kappa shape index (κ1) is 16.1. The lowest BCUT2D eigenvalue weighted by molar-refractivity contribution is 0.565. The van der Waals surface area contributed by atoms with E-state index in [-0.39, 0.29) is 0 Å². The van der Waals surface area contributed by atoms with Gasteiger partial charge in [0, 0.05) is 27.6 Å². The lowest BCUT2D eigenvalue weighted by Crippen LogP contribution is -1.91. The van der Waals surface area contributed by atoms with E-state index in [1.54, 1.807) is 16.5 Å². The molecule has 0 fully saturated rings. The summed E-state index contributed by atoms with van der Waals surface area (Å²) in [6, 6.07) is 14.5. The third kappa shape index (κ3) is 3.10. The molecule has 0 saturated heterocycles. The molecule has 4 aromatic rings. The molecule has 0 bridgehead atoms. The summed E-state index contributed by atoms with van der Waals surface area (Å²) in [4.78, 5) is 1.11. The number of hydrogen-bond donors (Lipinski definition) is 0. The molecule has 0 saturated carbocycles. The molecule has 0 aliphatic carbocycles. The van der Waals surface area contributed by atoms with E-state index in [9.17, 15) is 8.78 Å². The summed E-state index contributed by atoms with van der Waals surface area (Å²) in [7, 11) is 0. The van der Waals surface area contributed by atoms with Crippen molar-refractivity contribution in [2.45, 2.75) is 9.79 Å². The van der Waals surface area contributed by atoms with Crippen LogP contribution in [0, 0.1) is 11.6 Å². The highest BCUT2D eigenvalue weighted by Gasteiger charge is 2.12. The Kier molecular flexibility index (Phi) is 4.15. The second-order valence-electron chi connectivity index (χ2n) is 5.27. The van der Waals surface area contributed by atoms with Crippen LogP contribution >= 0.6 is 23.4 Å². The van der Waals surface area contributed by atoms with E-state index in [0.717, 1.165) is 16.5 Å². The highest BCUT2D eigenvalue weighted by molar-refractivity contribution is 7.99. The second kappa shape index (κ2) is 6.46. The van der Waals surface area contributed by atoms with E-state index in [1.165, 1.54) is 23.9 Å². The lowest BCUT2D eigenvalue weighted by atomic mass is 10.2. The van der Waals surface area contributed by atoms with Gasteiger partial charge in [-0.25, -0.2) is 8.78 Å². The third-order valence-corrected chi connectivity index (χ3v) is 4.97. The molecule has 0 amide bonds. The summed E-state index contributed by atoms with van der Waals surface area (Å²) >= 11 is 7.45. The Morgan fingerprint density at radius 1 is 0.960 bits per heavy atom. The number of hydrogen-bond acceptors (Lipinski definition) is 3. The van der Waals surface area contributed by atoms with Gasteiger partial charge >= 0.3 is 0 Å². The zero-order valence-corrected chi connectivity index (χ0v) is 14.2. The van der Waals surface area contributed by atoms with Crippen molar-refractivity contribution in [3.05, 3.63) is 77.5 Å². The summed E-state index contributed by atoms with van der Waals surface area (Å²) in [5.74, 6) is -0.597. The van der Waals surface area contributed by atoms with E-state index < -0.39 is 11.6 Å². The molecule has 0 aliphatic heterocycles. The van der Waals surface area contributed by atoms with Crippen LogP contribution in [-0.4, -0.2) is 14.6 Å². The van der Waals surface area contributed by atoms with Crippen molar-refractivity contribution in [2.75, 3.05) is 0 Å². The zero-order chi connectivity index (χ0) is 17.4. The van der Waals surface area contributed by atoms with Gasteiger partial charge in [-0.05, 0) is 36.4 Å². The van der Waals surface area contributed by atoms with Crippen molar-refractivity contribution in [3.8, 4) is 11.4 Å². The SMILES string of the molecule is Fc1ccc(Sc2ccc3nnc(-c4ccccc4Cl)n3c2)c(F)c1. The smallest absolute Gasteiger partial charge is 0.169 e. The van der Waals surface area contributed by atoms with Crippen LogP contribution in [0.5, 0.6) is 0 Å². The van der Waals surface area contributed by atoms with E-state index in [0.29, 0.717) is 21.4 Å². The molecule has 124 valence electrons. The van der Waals surface area contributed by atoms with Crippen molar-refractivity contribution in [1.29, 1.82) is 0 Å². The molecule has 25 heavy (non-hydrogen) atoms. The van der Waals surface area contributed by atoms with Gasteiger partial charge in [-0.2, -0.15) is 0 Å². The molecule has 0 aliphatic rings. The number of rotatable bonds is 3. The van der Waals surface area contributed by atoms with Gasteiger partial charge in [0.15, 0.2) is 11.5 Å². The maximum absolute atomic E-state index is 13.9. The molecule has 2 heterocycles. The van der Waals surface area contributed by atoms with Crippen molar-refractivity contribution in [3.63, 3.8) is 0 Å². The van der Waals surface area contributed by atoms with Crippen LogP contribution in [0.15, 0.2) is 70.6 Å². The molecular formula is C18H10ClF2N3S. The number of fused-ring (bicyclic) bond motifs is 1. The Balaban J connectivity index is 1.77. The summed E-state index contributed by atoms with van der Waals surface area (Å²) < 4.78 is 28.7. The Morgan fingerprint density at radius 3 is 2.60 bits per heavy atom. The quantitative estimate of drug-likeness (QED) is 0.476. The fourth-order valence-electron chi connectivity index (χ4n) is 2.44. The Labute approximate surface area is 151 Å². The summed E-state index contributed by atoms with van der Waals surface area (Å²) in [6.07, 6.45) is 1.81. The highest BCUT2D eigenvalue weighted by atomic mass is 35.5. The predicted molar refractivity (Wildman–Crippen MR) is 93.9 cm³/mol. The van der Waals surface area contributed by atoms with E-state index in [4.69, 9.17) is 11.6 Å². The first-order valence-corrected chi connectivity index (χ1v) is 8.54. The zero-order valence-electron chi connectivity index (χ0n) is 12.7. The van der Waals surface area contributed by atoms with Gasteiger partial charge in [0.05, 0.1) is 5.02 Å². The van der Waals surface area contributed by atoms with Gasteiger partial charge in [0.2, 0.25) is 0 Å². The molecular weight excluding hydrogens is 364 g/mol. The normalized spacial score (nSPS) is 11.2. The summed E-state index contributed by atoms with van der Waals surface area (Å²) in [5, 5.41) is 8.90. The number of halogens is 3. The van der Waals surface area contributed by atoms with Crippen LogP contribution in [0.3, 0.4) is 0 Å². The molecule has 0 radical (unpaired) electrons. The van der Waals surface area contributed by atoms with Gasteiger partial charge in [0.25, 0.3) is 0 Å². The van der Waals surface area contributed by atoms with Crippen LogP contribution in [0.25, 0.3) is 17.0 Å². The lowest BCUT2D eigenvalue weighted by Gasteiger charge is -2.06. The topological polar surface area (TPSA) is 30.2 Å². The minimum absolute atomic E-state index is 0.341. The molecule has 0 atom stereocenters. The maximum Gasteiger partial charge on any atom is 0.169 e. The average Bonchev–Trinajstić information content (AvgIpc) is 3.01. The van der Waals surface area contributed by atoms with E-state index in [1.807, 2.05) is 30.5 Å². The molecule has 0 spiro atoms. The first-order valence-electron chi connectivity index (χ1n) is 7.34. The van der Waals surface area contributed by atoms with Crippen LogP contribution in [0.4, 0.5) is 8.78 Å². The van der Waals surface area contributed by atoms with Gasteiger partial charge in [-0.1, -0.05) is 35.5 Å². The van der Waals surface area contributed by atoms with Crippen molar-refractivity contribution in [1.82, 2.24) is 14.6 Å². The molecule has 4 rings (SSSR count). The van der Waals surface area contributed by atoms with Gasteiger partial charge in [-0.15, -0.1) is 10.2 Å². The van der Waals surface area contributed by atoms with Crippen LogP contribution in [0.2, 0.25) is 5.02 Å². The Bertz CT molecular complexity index is 1080. The highest BCUT2D eigenvalue weighted by Crippen LogP contribution is 2.32. The van der Waals surface area contributed by atoms with Crippen molar-refractivity contribution >= 4 is 29.0 Å². The molecule has 3 nitrogen and oxygen atoms in total.